The summed E-state index contributed by atoms with van der Waals surface area (Å²) in [6.45, 7) is -0.166. The van der Waals surface area contributed by atoms with Crippen LogP contribution in [0.2, 0.25) is 0 Å². The zero-order chi connectivity index (χ0) is 22.4. The molecule has 2 atom stereocenters. The third-order valence-corrected chi connectivity index (χ3v) is 7.76. The number of amides is 1. The van der Waals surface area contributed by atoms with Gasteiger partial charge in [0.25, 0.3) is 0 Å². The molecule has 1 aromatic carbocycles. The van der Waals surface area contributed by atoms with Gasteiger partial charge in [0.15, 0.2) is 9.84 Å². The van der Waals surface area contributed by atoms with Gasteiger partial charge in [-0.25, -0.2) is 13.4 Å². The first-order valence-corrected chi connectivity index (χ1v) is 11.0. The zero-order valence-electron chi connectivity index (χ0n) is 16.1. The molecule has 12 heteroatoms. The highest BCUT2D eigenvalue weighted by atomic mass is 32.2. The third kappa shape index (κ3) is 4.03. The fraction of sp³-hybridized carbons (Fsp3) is 0.421. The van der Waals surface area contributed by atoms with Gasteiger partial charge in [0.05, 0.1) is 34.1 Å². The number of hydrogen-bond donors (Lipinski definition) is 2. The lowest BCUT2D eigenvalue weighted by Crippen LogP contribution is -2.45. The van der Waals surface area contributed by atoms with E-state index in [2.05, 4.69) is 15.6 Å². The molecule has 0 spiro atoms. The minimum Gasteiger partial charge on any atom is -0.336 e. The minimum absolute atomic E-state index is 0.122. The number of imidazole rings is 1. The number of nitrogens with zero attached hydrogens (tertiary/aromatic N) is 3. The van der Waals surface area contributed by atoms with E-state index in [9.17, 15) is 26.4 Å². The summed E-state index contributed by atoms with van der Waals surface area (Å²) in [5.74, 6) is -0.525. The average molecular weight is 453 g/mol. The molecule has 0 radical (unpaired) electrons. The van der Waals surface area contributed by atoms with Crippen molar-refractivity contribution in [3.63, 3.8) is 0 Å². The Hall–Kier alpha value is -2.91. The molecule has 4 rings (SSSR count). The summed E-state index contributed by atoms with van der Waals surface area (Å²) in [5.41, 5.74) is -2.06. The van der Waals surface area contributed by atoms with Crippen molar-refractivity contribution in [3.8, 4) is 11.8 Å². The van der Waals surface area contributed by atoms with Crippen LogP contribution in [-0.2, 0) is 20.8 Å². The highest BCUT2D eigenvalue weighted by Crippen LogP contribution is 2.38. The standard InChI is InChI=1S/C19H18F3N5O3S/c20-19(21,22)14-7-12(27-6-5-24-11-27)1-2-16(14)31(29,30)13-8-15(25-9-13)17(28)26-18(10-23)3-4-18/h1-2,5-7,11,13,15,25H,3-4,8-9H2,(H,26,28)/t13-,15+/m1/s1. The Kier molecular flexibility index (Phi) is 5.06. The third-order valence-electron chi connectivity index (χ3n) is 5.55. The molecule has 164 valence electrons. The Balaban J connectivity index is 1.60. The van der Waals surface area contributed by atoms with Gasteiger partial charge in [-0.05, 0) is 37.5 Å². The molecular formula is C19H18F3N5O3S. The van der Waals surface area contributed by atoms with E-state index in [0.717, 1.165) is 12.1 Å². The van der Waals surface area contributed by atoms with Crippen LogP contribution in [0.3, 0.4) is 0 Å². The largest absolute Gasteiger partial charge is 0.417 e. The minimum atomic E-state index is -4.90. The van der Waals surface area contributed by atoms with Gasteiger partial charge in [-0.3, -0.25) is 4.79 Å². The van der Waals surface area contributed by atoms with Crippen LogP contribution in [0.1, 0.15) is 24.8 Å². The second-order valence-corrected chi connectivity index (χ2v) is 9.89. The fourth-order valence-corrected chi connectivity index (χ4v) is 5.45. The Bertz CT molecular complexity index is 1150. The topological polar surface area (TPSA) is 117 Å². The van der Waals surface area contributed by atoms with E-state index in [0.29, 0.717) is 12.8 Å². The number of rotatable bonds is 5. The van der Waals surface area contributed by atoms with Crippen LogP contribution < -0.4 is 10.6 Å². The van der Waals surface area contributed by atoms with Crippen LogP contribution in [0, 0.1) is 11.3 Å². The number of benzene rings is 1. The number of nitriles is 1. The first kappa shape index (κ1) is 21.3. The molecular weight excluding hydrogens is 435 g/mol. The van der Waals surface area contributed by atoms with Gasteiger partial charge in [-0.1, -0.05) is 0 Å². The Morgan fingerprint density at radius 1 is 1.35 bits per heavy atom. The molecule has 2 N–H and O–H groups in total. The molecule has 2 aromatic rings. The van der Waals surface area contributed by atoms with Crippen molar-refractivity contribution in [2.75, 3.05) is 6.54 Å². The van der Waals surface area contributed by atoms with Gasteiger partial charge >= 0.3 is 6.18 Å². The van der Waals surface area contributed by atoms with Crippen LogP contribution in [0.15, 0.2) is 41.8 Å². The Labute approximate surface area is 176 Å². The summed E-state index contributed by atoms with van der Waals surface area (Å²) in [7, 11) is -4.39. The smallest absolute Gasteiger partial charge is 0.336 e. The van der Waals surface area contributed by atoms with E-state index in [1.54, 1.807) is 0 Å². The summed E-state index contributed by atoms with van der Waals surface area (Å²) in [5, 5.41) is 13.2. The molecule has 0 bridgehead atoms. The van der Waals surface area contributed by atoms with Gasteiger partial charge in [-0.2, -0.15) is 18.4 Å². The normalized spacial score (nSPS) is 22.6. The van der Waals surface area contributed by atoms with Crippen molar-refractivity contribution in [1.29, 1.82) is 5.26 Å². The van der Waals surface area contributed by atoms with Gasteiger partial charge in [0.1, 0.15) is 5.54 Å². The summed E-state index contributed by atoms with van der Waals surface area (Å²) < 4.78 is 68.7. The molecule has 2 heterocycles. The highest BCUT2D eigenvalue weighted by molar-refractivity contribution is 7.92. The number of carbonyl (C=O) groups excluding carboxylic acids is 1. The van der Waals surface area contributed by atoms with Gasteiger partial charge in [-0.15, -0.1) is 0 Å². The number of sulfone groups is 1. The molecule has 1 saturated heterocycles. The monoisotopic (exact) mass is 453 g/mol. The maximum absolute atomic E-state index is 13.7. The molecule has 1 aliphatic heterocycles. The summed E-state index contributed by atoms with van der Waals surface area (Å²) >= 11 is 0. The van der Waals surface area contributed by atoms with Crippen LogP contribution >= 0.6 is 0 Å². The lowest BCUT2D eigenvalue weighted by Gasteiger charge is -2.18. The van der Waals surface area contributed by atoms with Crippen molar-refractivity contribution in [3.05, 3.63) is 42.5 Å². The van der Waals surface area contributed by atoms with Gasteiger partial charge < -0.3 is 15.2 Å². The summed E-state index contributed by atoms with van der Waals surface area (Å²) in [6.07, 6.45) is 0.0988. The zero-order valence-corrected chi connectivity index (χ0v) is 16.9. The van der Waals surface area contributed by atoms with Crippen LogP contribution in [0.5, 0.6) is 0 Å². The number of halogens is 3. The van der Waals surface area contributed by atoms with E-state index < -0.39 is 49.2 Å². The molecule has 1 saturated carbocycles. The van der Waals surface area contributed by atoms with Crippen molar-refractivity contribution >= 4 is 15.7 Å². The second-order valence-electron chi connectivity index (χ2n) is 7.69. The molecule has 0 unspecified atom stereocenters. The predicted molar refractivity (Wildman–Crippen MR) is 102 cm³/mol. The SMILES string of the molecule is N#CC1(NC(=O)[C@@H]2C[C@@H](S(=O)(=O)c3ccc(-n4ccnc4)cc3C(F)(F)F)CN2)CC1. The van der Waals surface area contributed by atoms with E-state index in [-0.39, 0.29) is 18.7 Å². The number of carbonyl (C=O) groups is 1. The van der Waals surface area contributed by atoms with E-state index in [4.69, 9.17) is 5.26 Å². The van der Waals surface area contributed by atoms with Crippen LogP contribution in [-0.4, -0.2) is 47.3 Å². The van der Waals surface area contributed by atoms with Crippen LogP contribution in [0.25, 0.3) is 5.69 Å². The van der Waals surface area contributed by atoms with Crippen LogP contribution in [0.4, 0.5) is 13.2 Å². The van der Waals surface area contributed by atoms with Gasteiger partial charge in [0.2, 0.25) is 5.91 Å². The van der Waals surface area contributed by atoms with Crippen molar-refractivity contribution in [2.45, 2.75) is 47.2 Å². The summed E-state index contributed by atoms with van der Waals surface area (Å²) in [4.78, 5) is 15.3. The van der Waals surface area contributed by atoms with Crippen molar-refractivity contribution in [2.24, 2.45) is 0 Å². The van der Waals surface area contributed by atoms with Crippen molar-refractivity contribution < 1.29 is 26.4 Å². The number of hydrogen-bond acceptors (Lipinski definition) is 6. The molecule has 1 amide bonds. The molecule has 2 aliphatic rings. The quantitative estimate of drug-likeness (QED) is 0.710. The maximum atomic E-state index is 13.7. The lowest BCUT2D eigenvalue weighted by atomic mass is 10.2. The predicted octanol–water partition coefficient (Wildman–Crippen LogP) is 1.57. The lowest BCUT2D eigenvalue weighted by molar-refractivity contribution is -0.139. The molecule has 8 nitrogen and oxygen atoms in total. The number of alkyl halides is 3. The first-order chi connectivity index (χ1) is 14.6. The Morgan fingerprint density at radius 2 is 2.10 bits per heavy atom. The van der Waals surface area contributed by atoms with E-state index in [1.165, 1.54) is 29.4 Å². The van der Waals surface area contributed by atoms with Crippen molar-refractivity contribution in [1.82, 2.24) is 20.2 Å². The number of nitrogens with one attached hydrogen (secondary N) is 2. The first-order valence-electron chi connectivity index (χ1n) is 9.46. The fourth-order valence-electron chi connectivity index (χ4n) is 3.59. The average Bonchev–Trinajstić information content (AvgIpc) is 3.15. The number of aromatic nitrogens is 2. The van der Waals surface area contributed by atoms with E-state index >= 15 is 0 Å². The van der Waals surface area contributed by atoms with E-state index in [1.807, 2.05) is 6.07 Å². The van der Waals surface area contributed by atoms with Gasteiger partial charge in [0, 0.05) is 24.6 Å². The Morgan fingerprint density at radius 3 is 2.68 bits per heavy atom. The molecule has 31 heavy (non-hydrogen) atoms. The molecule has 2 fully saturated rings. The summed E-state index contributed by atoms with van der Waals surface area (Å²) in [6, 6.07) is 4.09. The second kappa shape index (κ2) is 7.35. The molecule has 1 aliphatic carbocycles. The highest BCUT2D eigenvalue weighted by Gasteiger charge is 2.48. The maximum Gasteiger partial charge on any atom is 0.417 e. The molecule has 1 aromatic heterocycles.